The summed E-state index contributed by atoms with van der Waals surface area (Å²) < 4.78 is 28.3. The van der Waals surface area contributed by atoms with Crippen LogP contribution in [0, 0.1) is 5.41 Å². The van der Waals surface area contributed by atoms with Gasteiger partial charge in [-0.15, -0.1) is 0 Å². The van der Waals surface area contributed by atoms with Crippen LogP contribution in [0.1, 0.15) is 38.7 Å². The van der Waals surface area contributed by atoms with Gasteiger partial charge in [-0.2, -0.15) is 0 Å². The van der Waals surface area contributed by atoms with E-state index >= 15 is 0 Å². The van der Waals surface area contributed by atoms with Gasteiger partial charge in [0.2, 0.25) is 10.0 Å². The van der Waals surface area contributed by atoms with E-state index < -0.39 is 10.0 Å². The van der Waals surface area contributed by atoms with Gasteiger partial charge >= 0.3 is 0 Å². The highest BCUT2D eigenvalue weighted by atomic mass is 32.2. The van der Waals surface area contributed by atoms with E-state index in [2.05, 4.69) is 19.2 Å². The summed E-state index contributed by atoms with van der Waals surface area (Å²) in [7, 11) is -2.33. The normalized spacial score (nSPS) is 21.0. The fourth-order valence-corrected chi connectivity index (χ4v) is 3.94. The molecule has 22 heavy (non-hydrogen) atoms. The topological polar surface area (TPSA) is 81.4 Å². The lowest BCUT2D eigenvalue weighted by molar-refractivity contribution is 0.285. The summed E-state index contributed by atoms with van der Waals surface area (Å²) in [5.41, 5.74) is 1.28. The zero-order chi connectivity index (χ0) is 16.4. The Morgan fingerprint density at radius 1 is 1.41 bits per heavy atom. The predicted octanol–water partition coefficient (Wildman–Crippen LogP) is 2.05. The van der Waals surface area contributed by atoms with Crippen LogP contribution in [0.2, 0.25) is 0 Å². The van der Waals surface area contributed by atoms with Crippen molar-refractivity contribution >= 4 is 10.0 Å². The number of benzene rings is 1. The molecule has 1 fully saturated rings. The Balaban J connectivity index is 2.02. The van der Waals surface area contributed by atoms with Crippen molar-refractivity contribution in [3.63, 3.8) is 0 Å². The van der Waals surface area contributed by atoms with Gasteiger partial charge in [0.1, 0.15) is 10.6 Å². The van der Waals surface area contributed by atoms with E-state index in [1.54, 1.807) is 12.1 Å². The fourth-order valence-electron chi connectivity index (χ4n) is 3.19. The molecule has 1 aliphatic rings. The monoisotopic (exact) mass is 326 g/mol. The first-order chi connectivity index (χ1) is 10.2. The molecule has 0 heterocycles. The summed E-state index contributed by atoms with van der Waals surface area (Å²) in [6, 6.07) is 5.68. The maximum absolute atomic E-state index is 11.6. The molecule has 0 spiro atoms. The van der Waals surface area contributed by atoms with Crippen LogP contribution in [-0.2, 0) is 16.4 Å². The molecule has 0 radical (unpaired) electrons. The molecule has 1 saturated carbocycles. The molecule has 1 atom stereocenters. The first-order valence-electron chi connectivity index (χ1n) is 7.67. The summed E-state index contributed by atoms with van der Waals surface area (Å²) in [6.45, 7) is 5.42. The molecule has 5 nitrogen and oxygen atoms in total. The lowest BCUT2D eigenvalue weighted by atomic mass is 9.87. The molecule has 0 saturated heterocycles. The minimum absolute atomic E-state index is 0.0497. The Bertz CT molecular complexity index is 626. The van der Waals surface area contributed by atoms with Crippen LogP contribution in [0.25, 0.3) is 0 Å². The Kier molecular flexibility index (Phi) is 5.14. The zero-order valence-electron chi connectivity index (χ0n) is 13.6. The largest absolute Gasteiger partial charge is 0.495 e. The molecule has 0 aromatic heterocycles. The van der Waals surface area contributed by atoms with Crippen LogP contribution in [0.15, 0.2) is 23.1 Å². The SMILES string of the molecule is COc1ccc(CCNC2CCCC2(C)C)cc1S(N)(=O)=O. The van der Waals surface area contributed by atoms with Gasteiger partial charge in [-0.05, 0) is 48.9 Å². The van der Waals surface area contributed by atoms with Crippen LogP contribution < -0.4 is 15.2 Å². The van der Waals surface area contributed by atoms with Gasteiger partial charge < -0.3 is 10.1 Å². The quantitative estimate of drug-likeness (QED) is 0.838. The van der Waals surface area contributed by atoms with Crippen molar-refractivity contribution in [2.45, 2.75) is 50.5 Å². The van der Waals surface area contributed by atoms with E-state index in [1.165, 1.54) is 26.4 Å². The first kappa shape index (κ1) is 17.2. The van der Waals surface area contributed by atoms with Gasteiger partial charge in [-0.1, -0.05) is 26.3 Å². The number of nitrogens with two attached hydrogens (primary N) is 1. The molecule has 1 aromatic carbocycles. The minimum atomic E-state index is -3.77. The predicted molar refractivity (Wildman–Crippen MR) is 87.5 cm³/mol. The van der Waals surface area contributed by atoms with E-state index in [-0.39, 0.29) is 10.6 Å². The minimum Gasteiger partial charge on any atom is -0.495 e. The highest BCUT2D eigenvalue weighted by Gasteiger charge is 2.33. The molecule has 1 aromatic rings. The zero-order valence-corrected chi connectivity index (χ0v) is 14.4. The third-order valence-electron chi connectivity index (χ3n) is 4.60. The van der Waals surface area contributed by atoms with E-state index in [1.807, 2.05) is 6.07 Å². The third kappa shape index (κ3) is 4.00. The number of hydrogen-bond donors (Lipinski definition) is 2. The average molecular weight is 326 g/mol. The summed E-state index contributed by atoms with van der Waals surface area (Å²) in [4.78, 5) is 0.0497. The second-order valence-electron chi connectivity index (χ2n) is 6.67. The molecule has 1 unspecified atom stereocenters. The Labute approximate surface area is 133 Å². The number of rotatable bonds is 6. The van der Waals surface area contributed by atoms with Crippen LogP contribution in [0.3, 0.4) is 0 Å². The molecule has 0 aliphatic heterocycles. The number of sulfonamides is 1. The van der Waals surface area contributed by atoms with Gasteiger partial charge in [-0.3, -0.25) is 0 Å². The molecule has 2 rings (SSSR count). The van der Waals surface area contributed by atoms with Crippen molar-refractivity contribution < 1.29 is 13.2 Å². The van der Waals surface area contributed by atoms with E-state index in [0.29, 0.717) is 11.5 Å². The van der Waals surface area contributed by atoms with Crippen molar-refractivity contribution in [3.8, 4) is 5.75 Å². The number of methoxy groups -OCH3 is 1. The number of nitrogens with one attached hydrogen (secondary N) is 1. The molecule has 0 amide bonds. The van der Waals surface area contributed by atoms with Crippen molar-refractivity contribution in [2.75, 3.05) is 13.7 Å². The van der Waals surface area contributed by atoms with E-state index in [9.17, 15) is 8.42 Å². The van der Waals surface area contributed by atoms with Crippen molar-refractivity contribution in [1.82, 2.24) is 5.32 Å². The van der Waals surface area contributed by atoms with Crippen molar-refractivity contribution in [3.05, 3.63) is 23.8 Å². The number of hydrogen-bond acceptors (Lipinski definition) is 4. The Morgan fingerprint density at radius 3 is 2.68 bits per heavy atom. The van der Waals surface area contributed by atoms with Gasteiger partial charge in [0.25, 0.3) is 0 Å². The standard InChI is InChI=1S/C16H26N2O3S/c1-16(2)9-4-5-15(16)18-10-8-12-6-7-13(21-3)14(11-12)22(17,19)20/h6-7,11,15,18H,4-5,8-10H2,1-3H3,(H2,17,19,20). The van der Waals surface area contributed by atoms with Crippen LogP contribution in [-0.4, -0.2) is 28.1 Å². The lowest BCUT2D eigenvalue weighted by Gasteiger charge is -2.28. The van der Waals surface area contributed by atoms with Crippen molar-refractivity contribution in [1.29, 1.82) is 0 Å². The summed E-state index contributed by atoms with van der Waals surface area (Å²) >= 11 is 0. The highest BCUT2D eigenvalue weighted by Crippen LogP contribution is 2.37. The molecule has 1 aliphatic carbocycles. The smallest absolute Gasteiger partial charge is 0.241 e. The molecular formula is C16H26N2O3S. The van der Waals surface area contributed by atoms with Gasteiger partial charge in [0, 0.05) is 6.04 Å². The van der Waals surface area contributed by atoms with Crippen LogP contribution >= 0.6 is 0 Å². The van der Waals surface area contributed by atoms with E-state index in [0.717, 1.165) is 18.5 Å². The average Bonchev–Trinajstić information content (AvgIpc) is 2.77. The van der Waals surface area contributed by atoms with Gasteiger partial charge in [-0.25, -0.2) is 13.6 Å². The number of primary sulfonamides is 1. The highest BCUT2D eigenvalue weighted by molar-refractivity contribution is 7.89. The van der Waals surface area contributed by atoms with Crippen LogP contribution in [0.4, 0.5) is 0 Å². The molecule has 0 bridgehead atoms. The molecule has 124 valence electrons. The fraction of sp³-hybridized carbons (Fsp3) is 0.625. The van der Waals surface area contributed by atoms with Crippen molar-refractivity contribution in [2.24, 2.45) is 10.6 Å². The second-order valence-corrected chi connectivity index (χ2v) is 8.20. The lowest BCUT2D eigenvalue weighted by Crippen LogP contribution is -2.38. The van der Waals surface area contributed by atoms with Gasteiger partial charge in [0.15, 0.2) is 0 Å². The molecule has 3 N–H and O–H groups in total. The Morgan fingerprint density at radius 2 is 2.14 bits per heavy atom. The maximum Gasteiger partial charge on any atom is 0.241 e. The first-order valence-corrected chi connectivity index (χ1v) is 9.22. The summed E-state index contributed by atoms with van der Waals surface area (Å²) in [6.07, 6.45) is 4.49. The van der Waals surface area contributed by atoms with Crippen LogP contribution in [0.5, 0.6) is 5.75 Å². The third-order valence-corrected chi connectivity index (χ3v) is 5.53. The number of ether oxygens (including phenoxy) is 1. The maximum atomic E-state index is 11.6. The molecular weight excluding hydrogens is 300 g/mol. The molecule has 6 heteroatoms. The second kappa shape index (κ2) is 6.56. The Hall–Kier alpha value is -1.11. The van der Waals surface area contributed by atoms with Gasteiger partial charge in [0.05, 0.1) is 7.11 Å². The van der Waals surface area contributed by atoms with E-state index in [4.69, 9.17) is 9.88 Å². The summed E-state index contributed by atoms with van der Waals surface area (Å²) in [5, 5.41) is 8.84. The summed E-state index contributed by atoms with van der Waals surface area (Å²) in [5.74, 6) is 0.288.